The summed E-state index contributed by atoms with van der Waals surface area (Å²) >= 11 is 4.54. The Bertz CT molecular complexity index is 502. The summed E-state index contributed by atoms with van der Waals surface area (Å²) in [6, 6.07) is -0.646. The zero-order chi connectivity index (χ0) is 13.1. The van der Waals surface area contributed by atoms with E-state index >= 15 is 0 Å². The molecule has 6 nitrogen and oxygen atoms in total. The lowest BCUT2D eigenvalue weighted by molar-refractivity contribution is -0.140. The summed E-state index contributed by atoms with van der Waals surface area (Å²) in [7, 11) is 0. The summed E-state index contributed by atoms with van der Waals surface area (Å²) in [6.45, 7) is 0. The molecule has 1 aliphatic carbocycles. The van der Waals surface area contributed by atoms with E-state index in [2.05, 4.69) is 31.5 Å². The largest absolute Gasteiger partial charge is 0.481 e. The van der Waals surface area contributed by atoms with E-state index in [1.807, 2.05) is 0 Å². The van der Waals surface area contributed by atoms with Gasteiger partial charge in [-0.05, 0) is 22.4 Å². The normalized spacial score (nSPS) is 21.8. The molecule has 1 heterocycles. The lowest BCUT2D eigenvalue weighted by Crippen LogP contribution is -2.36. The Morgan fingerprint density at radius 2 is 2.28 bits per heavy atom. The molecule has 0 spiro atoms. The van der Waals surface area contributed by atoms with Gasteiger partial charge in [-0.1, -0.05) is 23.5 Å². The predicted octanol–water partition coefficient (Wildman–Crippen LogP) is 2.06. The highest BCUT2D eigenvalue weighted by atomic mass is 79.9. The van der Waals surface area contributed by atoms with Crippen LogP contribution in [0.3, 0.4) is 0 Å². The van der Waals surface area contributed by atoms with Crippen LogP contribution in [0.5, 0.6) is 0 Å². The second-order valence-corrected chi connectivity index (χ2v) is 6.15. The third-order valence-electron chi connectivity index (χ3n) is 2.42. The van der Waals surface area contributed by atoms with Crippen LogP contribution in [0.25, 0.3) is 0 Å². The summed E-state index contributed by atoms with van der Waals surface area (Å²) in [5, 5.41) is 14.5. The van der Waals surface area contributed by atoms with Gasteiger partial charge < -0.3 is 10.4 Å². The minimum atomic E-state index is -0.875. The Morgan fingerprint density at radius 1 is 1.50 bits per heavy atom. The smallest absolute Gasteiger partial charge is 0.321 e. The first-order chi connectivity index (χ1) is 8.54. The fraction of sp³-hybridized carbons (Fsp3) is 0.300. The van der Waals surface area contributed by atoms with Crippen LogP contribution in [-0.4, -0.2) is 28.1 Å². The van der Waals surface area contributed by atoms with Crippen LogP contribution < -0.4 is 10.6 Å². The van der Waals surface area contributed by atoms with Gasteiger partial charge in [0.15, 0.2) is 5.13 Å². The Morgan fingerprint density at radius 3 is 2.83 bits per heavy atom. The highest BCUT2D eigenvalue weighted by molar-refractivity contribution is 9.11. The molecule has 0 aromatic carbocycles. The molecule has 1 aliphatic rings. The predicted molar refractivity (Wildman–Crippen MR) is 70.6 cm³/mol. The van der Waals surface area contributed by atoms with Gasteiger partial charge >= 0.3 is 12.0 Å². The molecule has 1 aromatic heterocycles. The quantitative estimate of drug-likeness (QED) is 0.739. The first kappa shape index (κ1) is 13.0. The molecular formula is C10H10BrN3O3S. The molecule has 18 heavy (non-hydrogen) atoms. The Hall–Kier alpha value is -1.41. The molecule has 0 radical (unpaired) electrons. The first-order valence-corrected chi connectivity index (χ1v) is 6.75. The molecule has 0 aliphatic heterocycles. The van der Waals surface area contributed by atoms with Crippen molar-refractivity contribution in [2.75, 3.05) is 5.32 Å². The zero-order valence-electron chi connectivity index (χ0n) is 9.09. The molecule has 0 saturated heterocycles. The maximum Gasteiger partial charge on any atom is 0.321 e. The van der Waals surface area contributed by atoms with Crippen LogP contribution in [0.15, 0.2) is 22.1 Å². The van der Waals surface area contributed by atoms with Crippen LogP contribution >= 0.6 is 27.3 Å². The summed E-state index contributed by atoms with van der Waals surface area (Å²) in [6.07, 6.45) is 5.25. The number of rotatable bonds is 3. The number of amides is 2. The maximum absolute atomic E-state index is 11.6. The topological polar surface area (TPSA) is 91.3 Å². The Labute approximate surface area is 115 Å². The van der Waals surface area contributed by atoms with Gasteiger partial charge in [0.25, 0.3) is 0 Å². The Balaban J connectivity index is 1.82. The molecule has 96 valence electrons. The fourth-order valence-electron chi connectivity index (χ4n) is 1.60. The van der Waals surface area contributed by atoms with E-state index in [9.17, 15) is 9.59 Å². The van der Waals surface area contributed by atoms with E-state index in [4.69, 9.17) is 5.11 Å². The van der Waals surface area contributed by atoms with Crippen molar-refractivity contribution in [1.29, 1.82) is 0 Å². The molecule has 2 rings (SSSR count). The summed E-state index contributed by atoms with van der Waals surface area (Å²) in [5.41, 5.74) is 0. The molecule has 0 bridgehead atoms. The fourth-order valence-corrected chi connectivity index (χ4v) is 2.70. The molecule has 3 N–H and O–H groups in total. The standard InChI is InChI=1S/C10H10BrN3O3S/c11-7-4-12-10(18-7)14-9(17)13-6-2-1-5(3-6)8(15)16/h1-2,4-6H,3H2,(H,15,16)(H2,12,13,14,17). The van der Waals surface area contributed by atoms with Crippen molar-refractivity contribution >= 4 is 44.4 Å². The van der Waals surface area contributed by atoms with Gasteiger partial charge in [-0.3, -0.25) is 10.1 Å². The number of nitrogens with zero attached hydrogens (tertiary/aromatic N) is 1. The zero-order valence-corrected chi connectivity index (χ0v) is 11.5. The van der Waals surface area contributed by atoms with Crippen molar-refractivity contribution in [3.05, 3.63) is 22.1 Å². The number of aliphatic carboxylic acids is 1. The number of carboxylic acid groups (broad SMARTS) is 1. The molecule has 2 amide bonds. The number of aromatic nitrogens is 1. The number of hydrogen-bond donors (Lipinski definition) is 3. The van der Waals surface area contributed by atoms with Gasteiger partial charge in [-0.2, -0.15) is 0 Å². The molecule has 2 unspecified atom stereocenters. The highest BCUT2D eigenvalue weighted by Crippen LogP contribution is 2.23. The van der Waals surface area contributed by atoms with E-state index in [-0.39, 0.29) is 6.04 Å². The number of halogens is 1. The number of anilines is 1. The molecule has 8 heteroatoms. The van der Waals surface area contributed by atoms with Gasteiger partial charge in [0.2, 0.25) is 0 Å². The average Bonchev–Trinajstić information content (AvgIpc) is 2.88. The number of carbonyl (C=O) groups is 2. The first-order valence-electron chi connectivity index (χ1n) is 5.14. The van der Waals surface area contributed by atoms with Crippen LogP contribution in [0, 0.1) is 5.92 Å². The van der Waals surface area contributed by atoms with Crippen molar-refractivity contribution in [1.82, 2.24) is 10.3 Å². The number of carbonyl (C=O) groups excluding carboxylic acids is 1. The van der Waals surface area contributed by atoms with Crippen molar-refractivity contribution < 1.29 is 14.7 Å². The Kier molecular flexibility index (Phi) is 3.97. The third kappa shape index (κ3) is 3.30. The van der Waals surface area contributed by atoms with Crippen molar-refractivity contribution in [3.8, 4) is 0 Å². The number of carboxylic acids is 1. The second-order valence-electron chi connectivity index (χ2n) is 3.74. The summed E-state index contributed by atoms with van der Waals surface area (Å²) in [4.78, 5) is 26.3. The highest BCUT2D eigenvalue weighted by Gasteiger charge is 2.25. The van der Waals surface area contributed by atoms with Gasteiger partial charge in [-0.15, -0.1) is 0 Å². The molecular weight excluding hydrogens is 322 g/mol. The van der Waals surface area contributed by atoms with Gasteiger partial charge in [0, 0.05) is 0 Å². The van der Waals surface area contributed by atoms with Gasteiger partial charge in [0.05, 0.1) is 21.9 Å². The minimum absolute atomic E-state index is 0.255. The van der Waals surface area contributed by atoms with E-state index in [0.29, 0.717) is 11.6 Å². The van der Waals surface area contributed by atoms with E-state index in [1.54, 1.807) is 18.3 Å². The van der Waals surface area contributed by atoms with E-state index in [1.165, 1.54) is 11.3 Å². The molecule has 2 atom stereocenters. The van der Waals surface area contributed by atoms with Crippen molar-refractivity contribution in [2.24, 2.45) is 5.92 Å². The third-order valence-corrected chi connectivity index (χ3v) is 3.81. The van der Waals surface area contributed by atoms with Crippen molar-refractivity contribution in [2.45, 2.75) is 12.5 Å². The van der Waals surface area contributed by atoms with Crippen LogP contribution in [-0.2, 0) is 4.79 Å². The molecule has 0 saturated carbocycles. The molecule has 1 aromatic rings. The van der Waals surface area contributed by atoms with Crippen molar-refractivity contribution in [3.63, 3.8) is 0 Å². The minimum Gasteiger partial charge on any atom is -0.481 e. The second kappa shape index (κ2) is 5.49. The number of urea groups is 1. The van der Waals surface area contributed by atoms with E-state index < -0.39 is 17.9 Å². The SMILES string of the molecule is O=C(Nc1ncc(Br)s1)NC1C=CC(C(=O)O)C1. The summed E-state index contributed by atoms with van der Waals surface area (Å²) in [5.74, 6) is -1.40. The van der Waals surface area contributed by atoms with Gasteiger partial charge in [0.1, 0.15) is 0 Å². The van der Waals surface area contributed by atoms with Crippen LogP contribution in [0.1, 0.15) is 6.42 Å². The number of thiazole rings is 1. The lowest BCUT2D eigenvalue weighted by atomic mass is 10.1. The monoisotopic (exact) mass is 331 g/mol. The summed E-state index contributed by atoms with van der Waals surface area (Å²) < 4.78 is 0.824. The van der Waals surface area contributed by atoms with Crippen LogP contribution in [0.4, 0.5) is 9.93 Å². The van der Waals surface area contributed by atoms with E-state index in [0.717, 1.165) is 3.79 Å². The molecule has 0 fully saturated rings. The average molecular weight is 332 g/mol. The number of nitrogens with one attached hydrogen (secondary N) is 2. The lowest BCUT2D eigenvalue weighted by Gasteiger charge is -2.11. The van der Waals surface area contributed by atoms with Crippen LogP contribution in [0.2, 0.25) is 0 Å². The maximum atomic E-state index is 11.6. The number of hydrogen-bond acceptors (Lipinski definition) is 4. The van der Waals surface area contributed by atoms with Gasteiger partial charge in [-0.25, -0.2) is 9.78 Å².